The minimum atomic E-state index is -0.186. The van der Waals surface area contributed by atoms with Crippen molar-refractivity contribution in [3.05, 3.63) is 46.6 Å². The maximum atomic E-state index is 9.29. The van der Waals surface area contributed by atoms with Crippen molar-refractivity contribution >= 4 is 0 Å². The van der Waals surface area contributed by atoms with Crippen molar-refractivity contribution in [2.45, 2.75) is 99.0 Å². The minimum Gasteiger partial charge on any atom is -0.393 e. The second-order valence-electron chi connectivity index (χ2n) is 7.48. The van der Waals surface area contributed by atoms with E-state index in [2.05, 4.69) is 58.9 Å². The van der Waals surface area contributed by atoms with E-state index in [4.69, 9.17) is 0 Å². The predicted octanol–water partition coefficient (Wildman–Crippen LogP) is 7.29. The van der Waals surface area contributed by atoms with Gasteiger partial charge in [-0.1, -0.05) is 46.6 Å². The number of unbranched alkanes of at least 4 members (excludes halogenated alkanes) is 1. The summed E-state index contributed by atoms with van der Waals surface area (Å²) in [4.78, 5) is 0. The molecule has 0 spiro atoms. The average Bonchev–Trinajstić information content (AvgIpc) is 2.49. The van der Waals surface area contributed by atoms with Crippen LogP contribution in [-0.4, -0.2) is 11.2 Å². The van der Waals surface area contributed by atoms with Crippen molar-refractivity contribution in [3.8, 4) is 0 Å². The molecular weight excluding hydrogens is 292 g/mol. The van der Waals surface area contributed by atoms with E-state index in [1.807, 2.05) is 6.92 Å². The lowest BCUT2D eigenvalue weighted by molar-refractivity contribution is 0.185. The fourth-order valence-electron chi connectivity index (χ4n) is 2.54. The van der Waals surface area contributed by atoms with Gasteiger partial charge in [0.15, 0.2) is 0 Å². The minimum absolute atomic E-state index is 0.186. The molecule has 0 rings (SSSR count). The molecule has 1 nitrogen and oxygen atoms in total. The predicted molar refractivity (Wildman–Crippen MR) is 109 cm³/mol. The molecule has 0 aromatic carbocycles. The third kappa shape index (κ3) is 15.8. The molecule has 0 saturated heterocycles. The molecule has 0 saturated carbocycles. The average molecular weight is 333 g/mol. The van der Waals surface area contributed by atoms with E-state index in [-0.39, 0.29) is 6.10 Å². The molecule has 1 N–H and O–H groups in total. The van der Waals surface area contributed by atoms with Crippen LogP contribution in [0.4, 0.5) is 0 Å². The van der Waals surface area contributed by atoms with Crippen LogP contribution in [0.5, 0.6) is 0 Å². The Labute approximate surface area is 151 Å². The molecule has 0 aliphatic rings. The Morgan fingerprint density at radius 2 is 1.08 bits per heavy atom. The lowest BCUT2D eigenvalue weighted by atomic mass is 10.0. The van der Waals surface area contributed by atoms with Crippen molar-refractivity contribution in [2.24, 2.45) is 0 Å². The summed E-state index contributed by atoms with van der Waals surface area (Å²) in [5.41, 5.74) is 5.82. The third-order valence-corrected chi connectivity index (χ3v) is 4.23. The Hall–Kier alpha value is -1.08. The van der Waals surface area contributed by atoms with Crippen LogP contribution >= 0.6 is 0 Å². The second kappa shape index (κ2) is 14.3. The van der Waals surface area contributed by atoms with Gasteiger partial charge in [0.25, 0.3) is 0 Å². The van der Waals surface area contributed by atoms with Gasteiger partial charge in [-0.25, -0.2) is 0 Å². The fourth-order valence-corrected chi connectivity index (χ4v) is 2.54. The van der Waals surface area contributed by atoms with Crippen LogP contribution in [0.3, 0.4) is 0 Å². The van der Waals surface area contributed by atoms with Crippen LogP contribution < -0.4 is 0 Å². The lowest BCUT2D eigenvalue weighted by Crippen LogP contribution is -1.98. The summed E-state index contributed by atoms with van der Waals surface area (Å²) < 4.78 is 0. The van der Waals surface area contributed by atoms with Gasteiger partial charge in [0.05, 0.1) is 6.10 Å². The van der Waals surface area contributed by atoms with Gasteiger partial charge < -0.3 is 5.11 Å². The van der Waals surface area contributed by atoms with Crippen molar-refractivity contribution < 1.29 is 5.11 Å². The smallest absolute Gasteiger partial charge is 0.0515 e. The van der Waals surface area contributed by atoms with Gasteiger partial charge in [0.2, 0.25) is 0 Å². The summed E-state index contributed by atoms with van der Waals surface area (Å²) in [6, 6.07) is 0. The van der Waals surface area contributed by atoms with E-state index in [0.29, 0.717) is 0 Å². The number of aliphatic hydroxyl groups excluding tert-OH is 1. The van der Waals surface area contributed by atoms with E-state index < -0.39 is 0 Å². The fraction of sp³-hybridized carbons (Fsp3) is 0.652. The Morgan fingerprint density at radius 1 is 0.667 bits per heavy atom. The molecule has 138 valence electrons. The van der Waals surface area contributed by atoms with Gasteiger partial charge in [-0.2, -0.15) is 0 Å². The molecule has 1 atom stereocenters. The van der Waals surface area contributed by atoms with E-state index in [1.165, 1.54) is 41.6 Å². The van der Waals surface area contributed by atoms with Crippen LogP contribution in [0.25, 0.3) is 0 Å². The van der Waals surface area contributed by atoms with Crippen molar-refractivity contribution in [1.29, 1.82) is 0 Å². The van der Waals surface area contributed by atoms with Crippen LogP contribution in [0.15, 0.2) is 46.6 Å². The molecule has 0 heterocycles. The number of hydrogen-bond acceptors (Lipinski definition) is 1. The standard InChI is InChI=1S/C23H40O/c1-19(2)11-9-14-21(4)16-10-15-20(3)12-7-8-13-22(5)17-18-23(6)24/h11-13,16,23-24H,7-10,14-15,17-18H2,1-6H3/b20-12+,21-16+,22-13+. The van der Waals surface area contributed by atoms with E-state index in [1.54, 1.807) is 0 Å². The quantitative estimate of drug-likeness (QED) is 0.294. The first kappa shape index (κ1) is 22.9. The summed E-state index contributed by atoms with van der Waals surface area (Å²) in [7, 11) is 0. The lowest BCUT2D eigenvalue weighted by Gasteiger charge is -2.04. The SMILES string of the molecule is CC(C)=CCC/C(C)=C/CC/C(C)=C/CC/C=C(\C)CCC(C)O. The molecule has 0 aromatic heterocycles. The van der Waals surface area contributed by atoms with Gasteiger partial charge in [0, 0.05) is 0 Å². The van der Waals surface area contributed by atoms with Gasteiger partial charge in [-0.05, 0) is 92.9 Å². The van der Waals surface area contributed by atoms with Crippen LogP contribution in [0, 0.1) is 0 Å². The molecule has 1 unspecified atom stereocenters. The number of aliphatic hydroxyl groups is 1. The Bertz CT molecular complexity index is 443. The number of allylic oxidation sites excluding steroid dienone is 8. The van der Waals surface area contributed by atoms with Gasteiger partial charge in [-0.15, -0.1) is 0 Å². The van der Waals surface area contributed by atoms with Crippen molar-refractivity contribution in [1.82, 2.24) is 0 Å². The first-order valence-electron chi connectivity index (χ1n) is 9.59. The topological polar surface area (TPSA) is 20.2 Å². The second-order valence-corrected chi connectivity index (χ2v) is 7.48. The van der Waals surface area contributed by atoms with Crippen molar-refractivity contribution in [2.75, 3.05) is 0 Å². The first-order valence-corrected chi connectivity index (χ1v) is 9.59. The zero-order valence-corrected chi connectivity index (χ0v) is 17.0. The van der Waals surface area contributed by atoms with E-state index in [9.17, 15) is 5.11 Å². The molecule has 0 aliphatic carbocycles. The first-order chi connectivity index (χ1) is 11.3. The molecule has 0 radical (unpaired) electrons. The Morgan fingerprint density at radius 3 is 1.54 bits per heavy atom. The highest BCUT2D eigenvalue weighted by molar-refractivity contribution is 5.06. The van der Waals surface area contributed by atoms with Gasteiger partial charge >= 0.3 is 0 Å². The highest BCUT2D eigenvalue weighted by Gasteiger charge is 1.96. The van der Waals surface area contributed by atoms with Crippen LogP contribution in [0.1, 0.15) is 92.9 Å². The third-order valence-electron chi connectivity index (χ3n) is 4.23. The monoisotopic (exact) mass is 332 g/mol. The molecule has 24 heavy (non-hydrogen) atoms. The molecule has 0 aliphatic heterocycles. The summed E-state index contributed by atoms with van der Waals surface area (Å²) >= 11 is 0. The van der Waals surface area contributed by atoms with E-state index in [0.717, 1.165) is 32.1 Å². The van der Waals surface area contributed by atoms with E-state index >= 15 is 0 Å². The summed E-state index contributed by atoms with van der Waals surface area (Å²) in [6.07, 6.45) is 18.0. The molecule has 1 heteroatoms. The largest absolute Gasteiger partial charge is 0.393 e. The number of rotatable bonds is 12. The Balaban J connectivity index is 3.94. The molecular formula is C23H40O. The molecule has 0 amide bonds. The summed E-state index contributed by atoms with van der Waals surface area (Å²) in [6.45, 7) is 12.8. The highest BCUT2D eigenvalue weighted by atomic mass is 16.3. The summed E-state index contributed by atoms with van der Waals surface area (Å²) in [5.74, 6) is 0. The van der Waals surface area contributed by atoms with Gasteiger partial charge in [0.1, 0.15) is 0 Å². The maximum absolute atomic E-state index is 9.29. The Kier molecular flexibility index (Phi) is 13.6. The molecule has 0 bridgehead atoms. The van der Waals surface area contributed by atoms with Gasteiger partial charge in [-0.3, -0.25) is 0 Å². The normalized spacial score (nSPS) is 14.7. The van der Waals surface area contributed by atoms with Crippen molar-refractivity contribution in [3.63, 3.8) is 0 Å². The zero-order chi connectivity index (χ0) is 18.4. The summed E-state index contributed by atoms with van der Waals surface area (Å²) in [5, 5.41) is 9.29. The van der Waals surface area contributed by atoms with Crippen LogP contribution in [0.2, 0.25) is 0 Å². The number of hydrogen-bond donors (Lipinski definition) is 1. The maximum Gasteiger partial charge on any atom is 0.0515 e. The van der Waals surface area contributed by atoms with Crippen LogP contribution in [-0.2, 0) is 0 Å². The zero-order valence-electron chi connectivity index (χ0n) is 17.0. The highest BCUT2D eigenvalue weighted by Crippen LogP contribution is 2.13. The molecule has 0 fully saturated rings. The molecule has 0 aromatic rings.